The van der Waals surface area contributed by atoms with E-state index in [1.54, 1.807) is 0 Å². The van der Waals surface area contributed by atoms with E-state index >= 15 is 0 Å². The average molecular weight is 333 g/mol. The highest BCUT2D eigenvalue weighted by atomic mass is 127. The predicted octanol–water partition coefficient (Wildman–Crippen LogP) is 3.32. The quantitative estimate of drug-likeness (QED) is 0.585. The van der Waals surface area contributed by atoms with Crippen molar-refractivity contribution in [1.82, 2.24) is 4.90 Å². The summed E-state index contributed by atoms with van der Waals surface area (Å²) in [5.41, 5.74) is 1.28. The Bertz CT molecular complexity index is 326. The van der Waals surface area contributed by atoms with Gasteiger partial charge in [0.1, 0.15) is 5.75 Å². The second kappa shape index (κ2) is 7.12. The van der Waals surface area contributed by atoms with E-state index in [1.165, 1.54) is 15.6 Å². The van der Waals surface area contributed by atoms with Crippen molar-refractivity contribution >= 4 is 22.6 Å². The second-order valence-corrected chi connectivity index (χ2v) is 5.43. The number of nitrogens with zero attached hydrogens (tertiary/aromatic N) is 1. The zero-order chi connectivity index (χ0) is 12.0. The Balaban J connectivity index is 2.24. The topological polar surface area (TPSA) is 12.5 Å². The summed E-state index contributed by atoms with van der Waals surface area (Å²) in [6.45, 7) is 4.06. The lowest BCUT2D eigenvalue weighted by Crippen LogP contribution is -2.13. The molecule has 0 saturated heterocycles. The first-order valence-electron chi connectivity index (χ1n) is 5.63. The van der Waals surface area contributed by atoms with Gasteiger partial charge in [0.2, 0.25) is 0 Å². The van der Waals surface area contributed by atoms with Gasteiger partial charge >= 0.3 is 0 Å². The number of hydrogen-bond acceptors (Lipinski definition) is 2. The molecule has 16 heavy (non-hydrogen) atoms. The van der Waals surface area contributed by atoms with Crippen molar-refractivity contribution in [3.8, 4) is 5.75 Å². The van der Waals surface area contributed by atoms with E-state index in [9.17, 15) is 0 Å². The van der Waals surface area contributed by atoms with Gasteiger partial charge < -0.3 is 9.64 Å². The summed E-state index contributed by atoms with van der Waals surface area (Å²) in [6.07, 6.45) is 2.31. The number of rotatable bonds is 6. The Kier molecular flexibility index (Phi) is 6.13. The van der Waals surface area contributed by atoms with Gasteiger partial charge in [0.05, 0.1) is 6.61 Å². The van der Waals surface area contributed by atoms with Crippen LogP contribution in [0.2, 0.25) is 0 Å². The van der Waals surface area contributed by atoms with E-state index < -0.39 is 0 Å². The van der Waals surface area contributed by atoms with Gasteiger partial charge in [-0.1, -0.05) is 0 Å². The van der Waals surface area contributed by atoms with Crippen LogP contribution in [0.25, 0.3) is 0 Å². The minimum absolute atomic E-state index is 0.813. The minimum atomic E-state index is 0.813. The fourth-order valence-electron chi connectivity index (χ4n) is 1.43. The molecule has 0 aliphatic carbocycles. The van der Waals surface area contributed by atoms with Gasteiger partial charge in [0, 0.05) is 3.57 Å². The molecular weight excluding hydrogens is 313 g/mol. The lowest BCUT2D eigenvalue weighted by atomic mass is 10.2. The summed E-state index contributed by atoms with van der Waals surface area (Å²) < 4.78 is 6.99. The average Bonchev–Trinajstić information content (AvgIpc) is 2.22. The molecule has 0 atom stereocenters. The number of benzene rings is 1. The Morgan fingerprint density at radius 2 is 2.00 bits per heavy atom. The predicted molar refractivity (Wildman–Crippen MR) is 77.2 cm³/mol. The summed E-state index contributed by atoms with van der Waals surface area (Å²) in [6, 6.07) is 6.25. The van der Waals surface area contributed by atoms with Gasteiger partial charge in [-0.05, 0) is 86.8 Å². The van der Waals surface area contributed by atoms with Crippen LogP contribution >= 0.6 is 22.6 Å². The molecule has 2 nitrogen and oxygen atoms in total. The van der Waals surface area contributed by atoms with Crippen LogP contribution in [-0.4, -0.2) is 32.1 Å². The lowest BCUT2D eigenvalue weighted by molar-refractivity contribution is 0.293. The van der Waals surface area contributed by atoms with Crippen molar-refractivity contribution in [2.75, 3.05) is 27.2 Å². The molecule has 0 amide bonds. The maximum Gasteiger partial charge on any atom is 0.119 e. The fourth-order valence-corrected chi connectivity index (χ4v) is 1.76. The molecule has 90 valence electrons. The normalized spacial score (nSPS) is 10.8. The summed E-state index contributed by atoms with van der Waals surface area (Å²) in [5, 5.41) is 0. The van der Waals surface area contributed by atoms with Crippen LogP contribution in [0.5, 0.6) is 5.75 Å². The van der Waals surface area contributed by atoms with E-state index in [1.807, 2.05) is 6.07 Å². The molecule has 0 aromatic heterocycles. The molecule has 0 unspecified atom stereocenters. The summed E-state index contributed by atoms with van der Waals surface area (Å²) in [4.78, 5) is 2.20. The molecule has 3 heteroatoms. The molecule has 1 aromatic rings. The van der Waals surface area contributed by atoms with Crippen LogP contribution in [0.3, 0.4) is 0 Å². The van der Waals surface area contributed by atoms with Crippen LogP contribution in [0.15, 0.2) is 18.2 Å². The minimum Gasteiger partial charge on any atom is -0.494 e. The van der Waals surface area contributed by atoms with Crippen molar-refractivity contribution in [3.05, 3.63) is 27.3 Å². The van der Waals surface area contributed by atoms with Crippen molar-refractivity contribution in [1.29, 1.82) is 0 Å². The highest BCUT2D eigenvalue weighted by Gasteiger charge is 1.98. The summed E-state index contributed by atoms with van der Waals surface area (Å²) >= 11 is 2.34. The van der Waals surface area contributed by atoms with Gasteiger partial charge in [-0.2, -0.15) is 0 Å². The van der Waals surface area contributed by atoms with Crippen molar-refractivity contribution in [2.45, 2.75) is 19.8 Å². The molecule has 0 bridgehead atoms. The van der Waals surface area contributed by atoms with Crippen molar-refractivity contribution in [2.24, 2.45) is 0 Å². The van der Waals surface area contributed by atoms with Gasteiger partial charge in [-0.25, -0.2) is 0 Å². The maximum atomic E-state index is 5.70. The Morgan fingerprint density at radius 1 is 1.25 bits per heavy atom. The molecule has 0 N–H and O–H groups in total. The second-order valence-electron chi connectivity index (χ2n) is 4.27. The van der Waals surface area contributed by atoms with Crippen molar-refractivity contribution < 1.29 is 4.74 Å². The molecule has 0 saturated carbocycles. The van der Waals surface area contributed by atoms with E-state index in [0.717, 1.165) is 25.3 Å². The summed E-state index contributed by atoms with van der Waals surface area (Å²) in [5.74, 6) is 0.989. The molecule has 0 heterocycles. The first-order valence-corrected chi connectivity index (χ1v) is 6.71. The van der Waals surface area contributed by atoms with Gasteiger partial charge in [-0.15, -0.1) is 0 Å². The van der Waals surface area contributed by atoms with Gasteiger partial charge in [0.15, 0.2) is 0 Å². The molecule has 0 spiro atoms. The zero-order valence-electron chi connectivity index (χ0n) is 10.3. The van der Waals surface area contributed by atoms with Gasteiger partial charge in [-0.3, -0.25) is 0 Å². The van der Waals surface area contributed by atoms with Crippen LogP contribution in [0.1, 0.15) is 18.4 Å². The highest BCUT2D eigenvalue weighted by molar-refractivity contribution is 14.1. The number of hydrogen-bond donors (Lipinski definition) is 0. The maximum absolute atomic E-state index is 5.70. The SMILES string of the molecule is Cc1cc(OCCCCN(C)C)ccc1I. The third-order valence-corrected chi connectivity index (χ3v) is 3.61. The van der Waals surface area contributed by atoms with Crippen LogP contribution in [0.4, 0.5) is 0 Å². The number of ether oxygens (including phenoxy) is 1. The molecule has 1 aromatic carbocycles. The smallest absolute Gasteiger partial charge is 0.119 e. The molecule has 0 aliphatic rings. The van der Waals surface area contributed by atoms with Crippen molar-refractivity contribution in [3.63, 3.8) is 0 Å². The third kappa shape index (κ3) is 5.16. The largest absolute Gasteiger partial charge is 0.494 e. The van der Waals surface area contributed by atoms with Crippen LogP contribution < -0.4 is 4.74 Å². The Morgan fingerprint density at radius 3 is 2.62 bits per heavy atom. The first kappa shape index (κ1) is 13.8. The zero-order valence-corrected chi connectivity index (χ0v) is 12.5. The van der Waals surface area contributed by atoms with E-state index in [4.69, 9.17) is 4.74 Å². The highest BCUT2D eigenvalue weighted by Crippen LogP contribution is 2.18. The Labute approximate surface area is 112 Å². The summed E-state index contributed by atoms with van der Waals surface area (Å²) in [7, 11) is 4.20. The molecule has 0 radical (unpaired) electrons. The molecular formula is C13H20INO. The van der Waals surface area contributed by atoms with Crippen LogP contribution in [-0.2, 0) is 0 Å². The van der Waals surface area contributed by atoms with Gasteiger partial charge in [0.25, 0.3) is 0 Å². The third-order valence-electron chi connectivity index (χ3n) is 2.40. The lowest BCUT2D eigenvalue weighted by Gasteiger charge is -2.10. The van der Waals surface area contributed by atoms with E-state index in [0.29, 0.717) is 0 Å². The monoisotopic (exact) mass is 333 g/mol. The molecule has 0 aliphatic heterocycles. The molecule has 1 rings (SSSR count). The van der Waals surface area contributed by atoms with E-state index in [-0.39, 0.29) is 0 Å². The molecule has 0 fully saturated rings. The first-order chi connectivity index (χ1) is 7.59. The fraction of sp³-hybridized carbons (Fsp3) is 0.538. The standard InChI is InChI=1S/C13H20INO/c1-11-10-12(6-7-13(11)14)16-9-5-4-8-15(2)3/h6-7,10H,4-5,8-9H2,1-3H3. The van der Waals surface area contributed by atoms with Crippen LogP contribution in [0, 0.1) is 10.5 Å². The van der Waals surface area contributed by atoms with E-state index in [2.05, 4.69) is 60.6 Å². The number of aryl methyl sites for hydroxylation is 1. The Hall–Kier alpha value is -0.290. The number of halogens is 1. The number of unbranched alkanes of at least 4 members (excludes halogenated alkanes) is 1.